The second-order valence-electron chi connectivity index (χ2n) is 4.73. The van der Waals surface area contributed by atoms with Gasteiger partial charge in [-0.2, -0.15) is 0 Å². The van der Waals surface area contributed by atoms with E-state index < -0.39 is 18.5 Å². The number of amides is 1. The number of halogens is 2. The maximum absolute atomic E-state index is 11.9. The number of pyridine rings is 1. The lowest BCUT2D eigenvalue weighted by molar-refractivity contribution is -0.119. The van der Waals surface area contributed by atoms with Crippen molar-refractivity contribution in [1.82, 2.24) is 4.98 Å². The highest BCUT2D eigenvalue weighted by molar-refractivity contribution is 6.34. The van der Waals surface area contributed by atoms with Crippen LogP contribution in [0.15, 0.2) is 36.4 Å². The van der Waals surface area contributed by atoms with Crippen LogP contribution in [0, 0.1) is 0 Å². The zero-order valence-corrected chi connectivity index (χ0v) is 14.0. The van der Waals surface area contributed by atoms with E-state index in [1.807, 2.05) is 0 Å². The van der Waals surface area contributed by atoms with Crippen molar-refractivity contribution in [3.8, 4) is 0 Å². The Kier molecular flexibility index (Phi) is 5.89. The first-order valence-electron chi connectivity index (χ1n) is 6.77. The van der Waals surface area contributed by atoms with E-state index in [1.54, 1.807) is 18.2 Å². The summed E-state index contributed by atoms with van der Waals surface area (Å²) in [4.78, 5) is 38.8. The van der Waals surface area contributed by atoms with Gasteiger partial charge in [0.1, 0.15) is 5.15 Å². The normalized spacial score (nSPS) is 10.1. The number of nitrogens with one attached hydrogen (secondary N) is 1. The van der Waals surface area contributed by atoms with Gasteiger partial charge >= 0.3 is 5.97 Å². The summed E-state index contributed by atoms with van der Waals surface area (Å²) < 4.78 is 4.85. The van der Waals surface area contributed by atoms with Crippen LogP contribution in [-0.2, 0) is 9.53 Å². The molecule has 0 saturated carbocycles. The van der Waals surface area contributed by atoms with E-state index >= 15 is 0 Å². The lowest BCUT2D eigenvalue weighted by Crippen LogP contribution is -2.21. The van der Waals surface area contributed by atoms with Gasteiger partial charge in [0.2, 0.25) is 0 Å². The molecule has 1 aromatic heterocycles. The van der Waals surface area contributed by atoms with Crippen LogP contribution in [0.25, 0.3) is 0 Å². The lowest BCUT2D eigenvalue weighted by Gasteiger charge is -2.08. The highest BCUT2D eigenvalue weighted by Gasteiger charge is 2.16. The molecule has 0 spiro atoms. The number of hydrogen-bond donors (Lipinski definition) is 1. The molecule has 1 N–H and O–H groups in total. The third-order valence-electron chi connectivity index (χ3n) is 2.89. The van der Waals surface area contributed by atoms with Gasteiger partial charge in [-0.1, -0.05) is 35.3 Å². The zero-order chi connectivity index (χ0) is 17.7. The molecule has 0 fully saturated rings. The smallest absolute Gasteiger partial charge is 0.359 e. The molecule has 0 radical (unpaired) electrons. The summed E-state index contributed by atoms with van der Waals surface area (Å²) in [5.74, 6) is -1.56. The van der Waals surface area contributed by atoms with E-state index in [4.69, 9.17) is 27.9 Å². The number of ketones is 1. The average molecular weight is 367 g/mol. The molecule has 124 valence electrons. The van der Waals surface area contributed by atoms with E-state index in [0.717, 1.165) is 0 Å². The van der Waals surface area contributed by atoms with E-state index in [1.165, 1.54) is 25.1 Å². The summed E-state index contributed by atoms with van der Waals surface area (Å²) in [6.07, 6.45) is 0. The first-order valence-corrected chi connectivity index (χ1v) is 7.52. The Labute approximate surface area is 147 Å². The van der Waals surface area contributed by atoms with Crippen LogP contribution in [-0.4, -0.2) is 29.3 Å². The molecule has 0 saturated heterocycles. The Balaban J connectivity index is 1.96. The summed E-state index contributed by atoms with van der Waals surface area (Å²) in [7, 11) is 0. The van der Waals surface area contributed by atoms with E-state index in [0.29, 0.717) is 11.3 Å². The number of carbonyl (C=O) groups is 3. The predicted octanol–water partition coefficient (Wildman–Crippen LogP) is 3.39. The molecule has 1 aromatic carbocycles. The van der Waals surface area contributed by atoms with Crippen LogP contribution in [0.5, 0.6) is 0 Å². The van der Waals surface area contributed by atoms with Crippen LogP contribution in [0.1, 0.15) is 27.8 Å². The Morgan fingerprint density at radius 2 is 1.92 bits per heavy atom. The Hall–Kier alpha value is -2.44. The molecule has 2 aromatic rings. The van der Waals surface area contributed by atoms with Crippen molar-refractivity contribution in [2.45, 2.75) is 6.92 Å². The van der Waals surface area contributed by atoms with E-state index in [-0.39, 0.29) is 21.7 Å². The molecule has 0 atom stereocenters. The number of hydrogen-bond acceptors (Lipinski definition) is 5. The second-order valence-corrected chi connectivity index (χ2v) is 5.52. The van der Waals surface area contributed by atoms with Gasteiger partial charge in [-0.25, -0.2) is 9.78 Å². The molecule has 8 heteroatoms. The van der Waals surface area contributed by atoms with Gasteiger partial charge in [0, 0.05) is 11.3 Å². The number of Topliss-reactive ketones (excluding diaryl/α,β-unsaturated/α-hetero) is 1. The summed E-state index contributed by atoms with van der Waals surface area (Å²) >= 11 is 11.5. The molecule has 2 rings (SSSR count). The Morgan fingerprint density at radius 1 is 1.17 bits per heavy atom. The van der Waals surface area contributed by atoms with Crippen molar-refractivity contribution in [2.24, 2.45) is 0 Å². The monoisotopic (exact) mass is 366 g/mol. The van der Waals surface area contributed by atoms with E-state index in [2.05, 4.69) is 10.3 Å². The maximum Gasteiger partial charge on any atom is 0.359 e. The van der Waals surface area contributed by atoms with Gasteiger partial charge in [0.05, 0.1) is 5.02 Å². The van der Waals surface area contributed by atoms with Gasteiger partial charge in [0.25, 0.3) is 5.91 Å². The third kappa shape index (κ3) is 4.78. The minimum atomic E-state index is -0.866. The van der Waals surface area contributed by atoms with Crippen LogP contribution in [0.2, 0.25) is 10.2 Å². The number of benzene rings is 1. The third-order valence-corrected chi connectivity index (χ3v) is 3.41. The predicted molar refractivity (Wildman–Crippen MR) is 89.6 cm³/mol. The molecular weight excluding hydrogens is 355 g/mol. The van der Waals surface area contributed by atoms with Gasteiger partial charge in [0.15, 0.2) is 18.1 Å². The van der Waals surface area contributed by atoms with Gasteiger partial charge in [-0.15, -0.1) is 0 Å². The fourth-order valence-corrected chi connectivity index (χ4v) is 2.10. The minimum Gasteiger partial charge on any atom is -0.451 e. The van der Waals surface area contributed by atoms with Crippen molar-refractivity contribution >= 4 is 46.5 Å². The summed E-state index contributed by atoms with van der Waals surface area (Å²) in [6.45, 7) is 0.887. The van der Waals surface area contributed by atoms with Gasteiger partial charge < -0.3 is 10.1 Å². The number of rotatable bonds is 5. The molecule has 6 nitrogen and oxygen atoms in total. The minimum absolute atomic E-state index is 0.0685. The Bertz CT molecular complexity index is 808. The number of esters is 1. The standard InChI is InChI=1S/C16H12Cl2N2O4/c1-9(21)10-3-2-4-11(7-10)19-14(22)8-24-16(23)15-12(17)5-6-13(18)20-15/h2-7H,8H2,1H3,(H,19,22). The highest BCUT2D eigenvalue weighted by Crippen LogP contribution is 2.17. The first kappa shape index (κ1) is 17.9. The fraction of sp³-hybridized carbons (Fsp3) is 0.125. The van der Waals surface area contributed by atoms with Crippen molar-refractivity contribution in [3.63, 3.8) is 0 Å². The highest BCUT2D eigenvalue weighted by atomic mass is 35.5. The molecule has 1 heterocycles. The Morgan fingerprint density at radius 3 is 2.62 bits per heavy atom. The van der Waals surface area contributed by atoms with Crippen molar-refractivity contribution in [3.05, 3.63) is 57.8 Å². The van der Waals surface area contributed by atoms with Crippen LogP contribution >= 0.6 is 23.2 Å². The number of ether oxygens (including phenoxy) is 1. The zero-order valence-electron chi connectivity index (χ0n) is 12.5. The number of carbonyl (C=O) groups excluding carboxylic acids is 3. The molecule has 0 unspecified atom stereocenters. The van der Waals surface area contributed by atoms with Crippen molar-refractivity contribution in [1.29, 1.82) is 0 Å². The first-order chi connectivity index (χ1) is 11.4. The van der Waals surface area contributed by atoms with Crippen molar-refractivity contribution < 1.29 is 19.1 Å². The molecule has 0 aliphatic heterocycles. The van der Waals surface area contributed by atoms with Gasteiger partial charge in [-0.05, 0) is 31.2 Å². The SMILES string of the molecule is CC(=O)c1cccc(NC(=O)COC(=O)c2nc(Cl)ccc2Cl)c1. The average Bonchev–Trinajstić information content (AvgIpc) is 2.55. The number of aromatic nitrogens is 1. The molecule has 24 heavy (non-hydrogen) atoms. The fourth-order valence-electron chi connectivity index (χ4n) is 1.77. The molecule has 0 aliphatic carbocycles. The van der Waals surface area contributed by atoms with Gasteiger partial charge in [-0.3, -0.25) is 9.59 Å². The molecular formula is C16H12Cl2N2O4. The quantitative estimate of drug-likeness (QED) is 0.497. The number of nitrogens with zero attached hydrogens (tertiary/aromatic N) is 1. The molecule has 1 amide bonds. The topological polar surface area (TPSA) is 85.4 Å². The summed E-state index contributed by atoms with van der Waals surface area (Å²) in [6, 6.07) is 9.23. The van der Waals surface area contributed by atoms with E-state index in [9.17, 15) is 14.4 Å². The lowest BCUT2D eigenvalue weighted by atomic mass is 10.1. The summed E-state index contributed by atoms with van der Waals surface area (Å²) in [5.41, 5.74) is 0.706. The van der Waals surface area contributed by atoms with Crippen LogP contribution < -0.4 is 5.32 Å². The largest absolute Gasteiger partial charge is 0.451 e. The summed E-state index contributed by atoms with van der Waals surface area (Å²) in [5, 5.41) is 2.67. The van der Waals surface area contributed by atoms with Crippen LogP contribution in [0.3, 0.4) is 0 Å². The molecule has 0 bridgehead atoms. The maximum atomic E-state index is 11.9. The second kappa shape index (κ2) is 7.90. The van der Waals surface area contributed by atoms with Crippen molar-refractivity contribution in [2.75, 3.05) is 11.9 Å². The van der Waals surface area contributed by atoms with Crippen LogP contribution in [0.4, 0.5) is 5.69 Å². The molecule has 0 aliphatic rings. The number of anilines is 1.